The molecule has 3 aromatic rings. The fraction of sp³-hybridized carbons (Fsp3) is 0.273. The van der Waals surface area contributed by atoms with E-state index in [4.69, 9.17) is 25.8 Å². The number of halogens is 1. The van der Waals surface area contributed by atoms with Crippen LogP contribution in [0.3, 0.4) is 0 Å². The molecule has 7 nitrogen and oxygen atoms in total. The minimum Gasteiger partial charge on any atom is -0.467 e. The summed E-state index contributed by atoms with van der Waals surface area (Å²) in [6.07, 6.45) is 0.343. The molecule has 2 aliphatic heterocycles. The van der Waals surface area contributed by atoms with Crippen LogP contribution in [0, 0.1) is 0 Å². The van der Waals surface area contributed by atoms with Crippen molar-refractivity contribution >= 4 is 34.4 Å². The molecule has 8 heteroatoms. The quantitative estimate of drug-likeness (QED) is 0.514. The third kappa shape index (κ3) is 2.81. The summed E-state index contributed by atoms with van der Waals surface area (Å²) in [6, 6.07) is 12.1. The summed E-state index contributed by atoms with van der Waals surface area (Å²) >= 11 is 5.95. The summed E-state index contributed by atoms with van der Waals surface area (Å²) in [5, 5.41) is 1.02. The van der Waals surface area contributed by atoms with Gasteiger partial charge in [0.1, 0.15) is 11.9 Å². The maximum Gasteiger partial charge on any atom is 0.328 e. The predicted octanol–water partition coefficient (Wildman–Crippen LogP) is 3.15. The number of carbonyl (C=O) groups excluding carboxylic acids is 2. The van der Waals surface area contributed by atoms with Gasteiger partial charge in [0.2, 0.25) is 12.7 Å². The van der Waals surface area contributed by atoms with Crippen LogP contribution in [-0.2, 0) is 20.7 Å². The van der Waals surface area contributed by atoms with Gasteiger partial charge in [-0.2, -0.15) is 0 Å². The fourth-order valence-corrected chi connectivity index (χ4v) is 4.55. The number of ether oxygens (including phenoxy) is 3. The van der Waals surface area contributed by atoms with Crippen molar-refractivity contribution in [1.82, 2.24) is 9.88 Å². The molecule has 2 aromatic carbocycles. The van der Waals surface area contributed by atoms with Crippen LogP contribution in [0.15, 0.2) is 42.5 Å². The third-order valence-electron chi connectivity index (χ3n) is 5.72. The Labute approximate surface area is 177 Å². The summed E-state index contributed by atoms with van der Waals surface area (Å²) in [5.41, 5.74) is 3.58. The van der Waals surface area contributed by atoms with Gasteiger partial charge in [0.05, 0.1) is 13.2 Å². The highest BCUT2D eigenvalue weighted by molar-refractivity contribution is 6.27. The monoisotopic (exact) mass is 426 g/mol. The number of methoxy groups -OCH3 is 1. The number of H-pyrrole nitrogens is 1. The SMILES string of the molecule is COC(=O)[C@H]1Cc2c([nH]c3ccccc23)[C@H](c2ccc3c(c2)OCO3)N1C(=O)CCl. The zero-order chi connectivity index (χ0) is 20.8. The molecule has 2 aliphatic rings. The number of hydrogen-bond acceptors (Lipinski definition) is 5. The molecule has 30 heavy (non-hydrogen) atoms. The zero-order valence-electron chi connectivity index (χ0n) is 16.2. The number of nitrogens with zero attached hydrogens (tertiary/aromatic N) is 1. The molecule has 0 aliphatic carbocycles. The Morgan fingerprint density at radius 2 is 2.00 bits per heavy atom. The lowest BCUT2D eigenvalue weighted by molar-refractivity contribution is -0.154. The summed E-state index contributed by atoms with van der Waals surface area (Å²) in [6.45, 7) is 0.149. The number of amides is 1. The van der Waals surface area contributed by atoms with Crippen molar-refractivity contribution < 1.29 is 23.8 Å². The number of carbonyl (C=O) groups is 2. The van der Waals surface area contributed by atoms with E-state index in [1.54, 1.807) is 0 Å². The van der Waals surface area contributed by atoms with Gasteiger partial charge in [0, 0.05) is 23.0 Å². The predicted molar refractivity (Wildman–Crippen MR) is 110 cm³/mol. The molecule has 154 valence electrons. The second-order valence-corrected chi connectivity index (χ2v) is 7.52. The Hall–Kier alpha value is -3.19. The maximum absolute atomic E-state index is 13.0. The van der Waals surface area contributed by atoms with Crippen molar-refractivity contribution in [3.8, 4) is 11.5 Å². The van der Waals surface area contributed by atoms with Gasteiger partial charge >= 0.3 is 5.97 Å². The normalized spacial score (nSPS) is 19.6. The number of benzene rings is 2. The van der Waals surface area contributed by atoms with Gasteiger partial charge in [0.15, 0.2) is 11.5 Å². The second-order valence-electron chi connectivity index (χ2n) is 7.26. The Morgan fingerprint density at radius 1 is 1.20 bits per heavy atom. The number of hydrogen-bond donors (Lipinski definition) is 1. The lowest BCUT2D eigenvalue weighted by atomic mass is 9.87. The van der Waals surface area contributed by atoms with Crippen LogP contribution in [0.2, 0.25) is 0 Å². The maximum atomic E-state index is 13.0. The van der Waals surface area contributed by atoms with Crippen LogP contribution in [0.4, 0.5) is 0 Å². The fourth-order valence-electron chi connectivity index (χ4n) is 4.42. The molecule has 1 aromatic heterocycles. The number of rotatable bonds is 3. The second kappa shape index (κ2) is 7.25. The highest BCUT2D eigenvalue weighted by atomic mass is 35.5. The van der Waals surface area contributed by atoms with E-state index >= 15 is 0 Å². The summed E-state index contributed by atoms with van der Waals surface area (Å²) in [7, 11) is 1.33. The minimum atomic E-state index is -0.789. The number of para-hydroxylation sites is 1. The van der Waals surface area contributed by atoms with E-state index in [-0.39, 0.29) is 18.6 Å². The number of aromatic amines is 1. The Bertz CT molecular complexity index is 1160. The largest absolute Gasteiger partial charge is 0.467 e. The molecule has 0 fully saturated rings. The van der Waals surface area contributed by atoms with Crippen molar-refractivity contribution in [3.05, 3.63) is 59.3 Å². The molecule has 5 rings (SSSR count). The van der Waals surface area contributed by atoms with Crippen LogP contribution < -0.4 is 9.47 Å². The smallest absolute Gasteiger partial charge is 0.328 e. The van der Waals surface area contributed by atoms with Gasteiger partial charge < -0.3 is 24.1 Å². The molecular weight excluding hydrogens is 408 g/mol. The van der Waals surface area contributed by atoms with Crippen molar-refractivity contribution in [2.24, 2.45) is 0 Å². The van der Waals surface area contributed by atoms with Crippen molar-refractivity contribution in [2.45, 2.75) is 18.5 Å². The standard InChI is InChI=1S/C22H19ClN2O5/c1-28-22(27)16-9-14-13-4-2-3-5-15(13)24-20(14)21(25(16)19(26)10-23)12-6-7-17-18(8-12)30-11-29-17/h2-8,16,21,24H,9-11H2,1H3/t16-,21+/m1/s1. The Kier molecular flexibility index (Phi) is 4.55. The van der Waals surface area contributed by atoms with Gasteiger partial charge in [-0.3, -0.25) is 4.79 Å². The molecule has 3 heterocycles. The molecule has 0 saturated carbocycles. The average Bonchev–Trinajstić information content (AvgIpc) is 3.40. The van der Waals surface area contributed by atoms with Crippen LogP contribution in [-0.4, -0.2) is 47.6 Å². The highest BCUT2D eigenvalue weighted by Crippen LogP contribution is 2.44. The number of esters is 1. The molecule has 0 unspecified atom stereocenters. The Morgan fingerprint density at radius 3 is 2.80 bits per heavy atom. The first-order chi connectivity index (χ1) is 14.6. The molecule has 0 spiro atoms. The van der Waals surface area contributed by atoms with Crippen molar-refractivity contribution in [1.29, 1.82) is 0 Å². The molecule has 0 radical (unpaired) electrons. The number of fused-ring (bicyclic) bond motifs is 4. The van der Waals surface area contributed by atoms with Gasteiger partial charge in [-0.1, -0.05) is 24.3 Å². The molecule has 0 saturated heterocycles. The zero-order valence-corrected chi connectivity index (χ0v) is 16.9. The van der Waals surface area contributed by atoms with Crippen LogP contribution in [0.25, 0.3) is 10.9 Å². The summed E-state index contributed by atoms with van der Waals surface area (Å²) in [5.74, 6) is 0.174. The van der Waals surface area contributed by atoms with Crippen molar-refractivity contribution in [3.63, 3.8) is 0 Å². The molecule has 0 bridgehead atoms. The minimum absolute atomic E-state index is 0.149. The van der Waals surface area contributed by atoms with E-state index in [1.165, 1.54) is 12.0 Å². The lowest BCUT2D eigenvalue weighted by Gasteiger charge is -2.40. The van der Waals surface area contributed by atoms with Gasteiger partial charge in [-0.05, 0) is 29.3 Å². The van der Waals surface area contributed by atoms with Gasteiger partial charge in [0.25, 0.3) is 0 Å². The van der Waals surface area contributed by atoms with E-state index in [9.17, 15) is 9.59 Å². The molecule has 2 atom stereocenters. The first-order valence-electron chi connectivity index (χ1n) is 9.56. The Balaban J connectivity index is 1.75. The average molecular weight is 427 g/mol. The third-order valence-corrected chi connectivity index (χ3v) is 5.95. The van der Waals surface area contributed by atoms with E-state index in [1.807, 2.05) is 42.5 Å². The lowest BCUT2D eigenvalue weighted by Crippen LogP contribution is -2.52. The molecule has 1 amide bonds. The summed E-state index contributed by atoms with van der Waals surface area (Å²) < 4.78 is 16.0. The number of alkyl halides is 1. The molecular formula is C22H19ClN2O5. The van der Waals surface area contributed by atoms with Crippen LogP contribution in [0.5, 0.6) is 11.5 Å². The molecule has 1 N–H and O–H groups in total. The topological polar surface area (TPSA) is 80.9 Å². The number of aromatic nitrogens is 1. The van der Waals surface area contributed by atoms with Crippen LogP contribution in [0.1, 0.15) is 22.9 Å². The summed E-state index contributed by atoms with van der Waals surface area (Å²) in [4.78, 5) is 30.7. The van der Waals surface area contributed by atoms with Gasteiger partial charge in [-0.25, -0.2) is 4.79 Å². The van der Waals surface area contributed by atoms with Crippen molar-refractivity contribution in [2.75, 3.05) is 19.8 Å². The van der Waals surface area contributed by atoms with E-state index in [0.717, 1.165) is 27.7 Å². The first-order valence-corrected chi connectivity index (χ1v) is 10.1. The van der Waals surface area contributed by atoms with E-state index < -0.39 is 18.1 Å². The van der Waals surface area contributed by atoms with Crippen LogP contribution >= 0.6 is 11.6 Å². The van der Waals surface area contributed by atoms with E-state index in [2.05, 4.69) is 4.98 Å². The van der Waals surface area contributed by atoms with Gasteiger partial charge in [-0.15, -0.1) is 11.6 Å². The highest BCUT2D eigenvalue weighted by Gasteiger charge is 2.44. The first kappa shape index (κ1) is 18.8. The number of nitrogens with one attached hydrogen (secondary N) is 1. The van der Waals surface area contributed by atoms with E-state index in [0.29, 0.717) is 17.9 Å².